The molecule has 1 aliphatic rings. The molecule has 4 nitrogen and oxygen atoms in total. The van der Waals surface area contributed by atoms with Crippen LogP contribution in [0.2, 0.25) is 5.02 Å². The van der Waals surface area contributed by atoms with E-state index >= 15 is 0 Å². The van der Waals surface area contributed by atoms with Gasteiger partial charge in [0.1, 0.15) is 0 Å². The van der Waals surface area contributed by atoms with Gasteiger partial charge in [-0.15, -0.1) is 0 Å². The third kappa shape index (κ3) is 2.34. The van der Waals surface area contributed by atoms with E-state index in [-0.39, 0.29) is 12.3 Å². The topological polar surface area (TPSA) is 66.4 Å². The van der Waals surface area contributed by atoms with Gasteiger partial charge in [-0.3, -0.25) is 9.59 Å². The summed E-state index contributed by atoms with van der Waals surface area (Å²) >= 11 is 6.03. The first-order chi connectivity index (χ1) is 8.29. The SMILES string of the molecule is CC(C)(CC(=O)O)c1cc(Cl)cc2c1NC(=O)C2. The largest absolute Gasteiger partial charge is 0.481 e. The van der Waals surface area contributed by atoms with Crippen molar-refractivity contribution < 1.29 is 14.7 Å². The molecular formula is C13H14ClNO3. The van der Waals surface area contributed by atoms with Crippen LogP contribution >= 0.6 is 11.6 Å². The maximum Gasteiger partial charge on any atom is 0.304 e. The second-order valence-corrected chi connectivity index (χ2v) is 5.60. The molecule has 2 N–H and O–H groups in total. The van der Waals surface area contributed by atoms with Crippen LogP contribution in [0, 0.1) is 0 Å². The van der Waals surface area contributed by atoms with Crippen LogP contribution in [0.15, 0.2) is 12.1 Å². The van der Waals surface area contributed by atoms with E-state index in [2.05, 4.69) is 5.32 Å². The van der Waals surface area contributed by atoms with Crippen molar-refractivity contribution in [3.8, 4) is 0 Å². The number of carbonyl (C=O) groups excluding carboxylic acids is 1. The summed E-state index contributed by atoms with van der Waals surface area (Å²) in [5, 5.41) is 12.3. The van der Waals surface area contributed by atoms with Crippen molar-refractivity contribution >= 4 is 29.2 Å². The van der Waals surface area contributed by atoms with E-state index < -0.39 is 11.4 Å². The zero-order valence-electron chi connectivity index (χ0n) is 10.2. The average Bonchev–Trinajstić information content (AvgIpc) is 2.54. The number of hydrogen-bond acceptors (Lipinski definition) is 2. The highest BCUT2D eigenvalue weighted by Crippen LogP contribution is 2.39. The van der Waals surface area contributed by atoms with Gasteiger partial charge >= 0.3 is 5.97 Å². The molecule has 96 valence electrons. The lowest BCUT2D eigenvalue weighted by atomic mass is 9.80. The van der Waals surface area contributed by atoms with Crippen molar-refractivity contribution in [2.45, 2.75) is 32.1 Å². The number of carboxylic acid groups (broad SMARTS) is 1. The van der Waals surface area contributed by atoms with Crippen molar-refractivity contribution in [2.75, 3.05) is 5.32 Å². The van der Waals surface area contributed by atoms with E-state index in [1.807, 2.05) is 13.8 Å². The highest BCUT2D eigenvalue weighted by atomic mass is 35.5. The molecule has 0 bridgehead atoms. The molecule has 0 fully saturated rings. The molecule has 1 aliphatic heterocycles. The highest BCUT2D eigenvalue weighted by Gasteiger charge is 2.31. The number of carbonyl (C=O) groups is 2. The first kappa shape index (κ1) is 12.9. The number of rotatable bonds is 3. The van der Waals surface area contributed by atoms with Crippen LogP contribution in [-0.2, 0) is 21.4 Å². The maximum atomic E-state index is 11.4. The number of hydrogen-bond donors (Lipinski definition) is 2. The van der Waals surface area contributed by atoms with Crippen molar-refractivity contribution in [3.63, 3.8) is 0 Å². The van der Waals surface area contributed by atoms with Gasteiger partial charge < -0.3 is 10.4 Å². The highest BCUT2D eigenvalue weighted by molar-refractivity contribution is 6.31. The van der Waals surface area contributed by atoms with E-state index in [0.717, 1.165) is 16.8 Å². The summed E-state index contributed by atoms with van der Waals surface area (Å²) in [6.45, 7) is 3.66. The molecule has 0 radical (unpaired) electrons. The lowest BCUT2D eigenvalue weighted by molar-refractivity contribution is -0.138. The van der Waals surface area contributed by atoms with E-state index in [9.17, 15) is 9.59 Å². The number of nitrogens with one attached hydrogen (secondary N) is 1. The third-order valence-electron chi connectivity index (χ3n) is 3.12. The molecule has 2 rings (SSSR count). The molecular weight excluding hydrogens is 254 g/mol. The van der Waals surface area contributed by atoms with Crippen LogP contribution in [0.4, 0.5) is 5.69 Å². The normalized spacial score (nSPS) is 14.3. The van der Waals surface area contributed by atoms with Crippen molar-refractivity contribution in [1.29, 1.82) is 0 Å². The predicted molar refractivity (Wildman–Crippen MR) is 69.1 cm³/mol. The van der Waals surface area contributed by atoms with Crippen LogP contribution < -0.4 is 5.32 Å². The quantitative estimate of drug-likeness (QED) is 0.885. The molecule has 1 aromatic carbocycles. The third-order valence-corrected chi connectivity index (χ3v) is 3.34. The first-order valence-corrected chi connectivity index (χ1v) is 6.02. The van der Waals surface area contributed by atoms with Crippen molar-refractivity contribution in [3.05, 3.63) is 28.3 Å². The standard InChI is InChI=1S/C13H14ClNO3/c1-13(2,6-11(17)18)9-5-8(14)3-7-4-10(16)15-12(7)9/h3,5H,4,6H2,1-2H3,(H,15,16)(H,17,18). The summed E-state index contributed by atoms with van der Waals surface area (Å²) in [6.07, 6.45) is 0.279. The molecule has 0 unspecified atom stereocenters. The van der Waals surface area contributed by atoms with Gasteiger partial charge in [-0.2, -0.15) is 0 Å². The van der Waals surface area contributed by atoms with Gasteiger partial charge in [0.15, 0.2) is 0 Å². The Hall–Kier alpha value is -1.55. The predicted octanol–water partition coefficient (Wildman–Crippen LogP) is 2.59. The molecule has 0 aliphatic carbocycles. The molecule has 1 amide bonds. The van der Waals surface area contributed by atoms with E-state index in [1.165, 1.54) is 0 Å². The first-order valence-electron chi connectivity index (χ1n) is 5.64. The Kier molecular flexibility index (Phi) is 3.07. The number of anilines is 1. The summed E-state index contributed by atoms with van der Waals surface area (Å²) in [5.41, 5.74) is 1.74. The minimum absolute atomic E-state index is 0.0182. The number of fused-ring (bicyclic) bond motifs is 1. The summed E-state index contributed by atoms with van der Waals surface area (Å²) in [4.78, 5) is 22.4. The number of benzene rings is 1. The molecule has 1 aromatic rings. The molecule has 0 saturated heterocycles. The minimum Gasteiger partial charge on any atom is -0.481 e. The summed E-state index contributed by atoms with van der Waals surface area (Å²) in [5.74, 6) is -0.960. The number of halogens is 1. The van der Waals surface area contributed by atoms with Crippen LogP contribution in [0.3, 0.4) is 0 Å². The van der Waals surface area contributed by atoms with Gasteiger partial charge in [0.05, 0.1) is 12.8 Å². The lowest BCUT2D eigenvalue weighted by Gasteiger charge is -2.26. The molecule has 5 heteroatoms. The van der Waals surface area contributed by atoms with Gasteiger partial charge in [-0.1, -0.05) is 25.4 Å². The van der Waals surface area contributed by atoms with E-state index in [4.69, 9.17) is 16.7 Å². The lowest BCUT2D eigenvalue weighted by Crippen LogP contribution is -2.23. The monoisotopic (exact) mass is 267 g/mol. The smallest absolute Gasteiger partial charge is 0.304 e. The van der Waals surface area contributed by atoms with E-state index in [0.29, 0.717) is 11.4 Å². The average molecular weight is 268 g/mol. The van der Waals surface area contributed by atoms with Gasteiger partial charge in [-0.25, -0.2) is 0 Å². The van der Waals surface area contributed by atoms with Crippen molar-refractivity contribution in [2.24, 2.45) is 0 Å². The fourth-order valence-electron chi connectivity index (χ4n) is 2.31. The molecule has 18 heavy (non-hydrogen) atoms. The summed E-state index contributed by atoms with van der Waals surface area (Å²) < 4.78 is 0. The number of amides is 1. The fraction of sp³-hybridized carbons (Fsp3) is 0.385. The molecule has 0 saturated carbocycles. The molecule has 0 aromatic heterocycles. The van der Waals surface area contributed by atoms with Crippen LogP contribution in [0.25, 0.3) is 0 Å². The van der Waals surface area contributed by atoms with Crippen LogP contribution in [-0.4, -0.2) is 17.0 Å². The molecule has 1 heterocycles. The van der Waals surface area contributed by atoms with Gasteiger partial charge in [0.2, 0.25) is 5.91 Å². The van der Waals surface area contributed by atoms with E-state index in [1.54, 1.807) is 12.1 Å². The number of carboxylic acids is 1. The Morgan fingerprint density at radius 3 is 2.78 bits per heavy atom. The molecule has 0 spiro atoms. The van der Waals surface area contributed by atoms with Gasteiger partial charge in [0, 0.05) is 16.1 Å². The van der Waals surface area contributed by atoms with Crippen molar-refractivity contribution in [1.82, 2.24) is 0 Å². The summed E-state index contributed by atoms with van der Waals surface area (Å²) in [7, 11) is 0. The summed E-state index contributed by atoms with van der Waals surface area (Å²) in [6, 6.07) is 3.48. The molecule has 0 atom stereocenters. The Morgan fingerprint density at radius 2 is 2.17 bits per heavy atom. The Bertz CT molecular complexity index is 537. The van der Waals surface area contributed by atoms with Crippen LogP contribution in [0.1, 0.15) is 31.4 Å². The van der Waals surface area contributed by atoms with Crippen LogP contribution in [0.5, 0.6) is 0 Å². The Labute approximate surface area is 110 Å². The second-order valence-electron chi connectivity index (χ2n) is 5.17. The number of aliphatic carboxylic acids is 1. The zero-order chi connectivity index (χ0) is 13.5. The van der Waals surface area contributed by atoms with Gasteiger partial charge in [0.25, 0.3) is 0 Å². The van der Waals surface area contributed by atoms with Gasteiger partial charge in [-0.05, 0) is 23.3 Å². The maximum absolute atomic E-state index is 11.4. The Morgan fingerprint density at radius 1 is 1.50 bits per heavy atom. The minimum atomic E-state index is -0.877. The zero-order valence-corrected chi connectivity index (χ0v) is 11.0. The second kappa shape index (κ2) is 4.28. The fourth-order valence-corrected chi connectivity index (χ4v) is 2.55. The Balaban J connectivity index is 2.52.